The van der Waals surface area contributed by atoms with Gasteiger partial charge in [-0.25, -0.2) is 19.3 Å². The van der Waals surface area contributed by atoms with Crippen molar-refractivity contribution < 1.29 is 24.3 Å². The number of carbonyl (C=O) groups is 4. The van der Waals surface area contributed by atoms with Gasteiger partial charge in [-0.3, -0.25) is 9.69 Å². The van der Waals surface area contributed by atoms with Crippen LogP contribution in [0.1, 0.15) is 18.5 Å². The summed E-state index contributed by atoms with van der Waals surface area (Å²) < 4.78 is 0. The molecule has 1 aliphatic rings. The SMILES string of the molecule is CC(=O)N1CCN(C(=O)NC(C(=O)O)c2ccccc2)C1=O. The van der Waals surface area contributed by atoms with Crippen molar-refractivity contribution >= 4 is 23.9 Å². The van der Waals surface area contributed by atoms with E-state index in [9.17, 15) is 24.3 Å². The number of hydrogen-bond donors (Lipinski definition) is 2. The summed E-state index contributed by atoms with van der Waals surface area (Å²) in [7, 11) is 0. The summed E-state index contributed by atoms with van der Waals surface area (Å²) in [6, 6.07) is 5.28. The Kier molecular flexibility index (Phi) is 4.40. The van der Waals surface area contributed by atoms with Crippen LogP contribution < -0.4 is 5.32 Å². The van der Waals surface area contributed by atoms with E-state index in [1.54, 1.807) is 30.3 Å². The normalized spacial score (nSPS) is 15.6. The van der Waals surface area contributed by atoms with Crippen LogP contribution in [0.4, 0.5) is 9.59 Å². The molecule has 5 amide bonds. The molecule has 1 saturated heterocycles. The summed E-state index contributed by atoms with van der Waals surface area (Å²) in [6.45, 7) is 1.36. The van der Waals surface area contributed by atoms with Gasteiger partial charge in [-0.15, -0.1) is 0 Å². The van der Waals surface area contributed by atoms with Crippen LogP contribution in [0.5, 0.6) is 0 Å². The summed E-state index contributed by atoms with van der Waals surface area (Å²) in [4.78, 5) is 48.3. The van der Waals surface area contributed by atoms with E-state index >= 15 is 0 Å². The molecule has 1 heterocycles. The molecule has 0 radical (unpaired) electrons. The Morgan fingerprint density at radius 3 is 2.23 bits per heavy atom. The molecule has 0 spiro atoms. The summed E-state index contributed by atoms with van der Waals surface area (Å²) in [5.74, 6) is -1.70. The minimum atomic E-state index is -1.27. The van der Waals surface area contributed by atoms with Gasteiger partial charge in [-0.1, -0.05) is 30.3 Å². The lowest BCUT2D eigenvalue weighted by atomic mass is 10.1. The highest BCUT2D eigenvalue weighted by molar-refractivity contribution is 6.03. The Labute approximate surface area is 126 Å². The fourth-order valence-corrected chi connectivity index (χ4v) is 2.15. The van der Waals surface area contributed by atoms with E-state index in [1.807, 2.05) is 0 Å². The largest absolute Gasteiger partial charge is 0.479 e. The van der Waals surface area contributed by atoms with E-state index in [0.717, 1.165) is 9.80 Å². The molecule has 116 valence electrons. The van der Waals surface area contributed by atoms with Crippen LogP contribution >= 0.6 is 0 Å². The first kappa shape index (κ1) is 15.5. The molecule has 0 saturated carbocycles. The molecule has 8 nitrogen and oxygen atoms in total. The van der Waals surface area contributed by atoms with Gasteiger partial charge in [0.2, 0.25) is 5.91 Å². The monoisotopic (exact) mass is 305 g/mol. The fraction of sp³-hybridized carbons (Fsp3) is 0.286. The minimum Gasteiger partial charge on any atom is -0.479 e. The van der Waals surface area contributed by atoms with E-state index in [0.29, 0.717) is 5.56 Å². The first-order valence-electron chi connectivity index (χ1n) is 6.59. The van der Waals surface area contributed by atoms with Crippen molar-refractivity contribution in [1.29, 1.82) is 0 Å². The maximum atomic E-state index is 12.1. The third-order valence-electron chi connectivity index (χ3n) is 3.28. The summed E-state index contributed by atoms with van der Waals surface area (Å²) in [6.07, 6.45) is 0. The number of nitrogens with zero attached hydrogens (tertiary/aromatic N) is 2. The van der Waals surface area contributed by atoms with Crippen molar-refractivity contribution in [3.8, 4) is 0 Å². The molecule has 1 atom stereocenters. The van der Waals surface area contributed by atoms with Gasteiger partial charge >= 0.3 is 18.0 Å². The van der Waals surface area contributed by atoms with Gasteiger partial charge in [0.05, 0.1) is 6.54 Å². The average Bonchev–Trinajstić information content (AvgIpc) is 2.87. The summed E-state index contributed by atoms with van der Waals surface area (Å²) in [5, 5.41) is 11.5. The number of hydrogen-bond acceptors (Lipinski definition) is 4. The lowest BCUT2D eigenvalue weighted by Gasteiger charge is -2.19. The smallest absolute Gasteiger partial charge is 0.334 e. The molecule has 2 N–H and O–H groups in total. The van der Waals surface area contributed by atoms with Gasteiger partial charge in [0.15, 0.2) is 6.04 Å². The van der Waals surface area contributed by atoms with Crippen LogP contribution in [0, 0.1) is 0 Å². The highest BCUT2D eigenvalue weighted by Crippen LogP contribution is 2.15. The number of amides is 5. The van der Waals surface area contributed by atoms with Gasteiger partial charge in [-0.05, 0) is 5.56 Å². The van der Waals surface area contributed by atoms with Gasteiger partial charge in [0.1, 0.15) is 0 Å². The molecule has 1 unspecified atom stereocenters. The minimum absolute atomic E-state index is 0.0331. The molecule has 2 rings (SSSR count). The first-order chi connectivity index (χ1) is 10.4. The Hall–Kier alpha value is -2.90. The Morgan fingerprint density at radius 2 is 1.73 bits per heavy atom. The first-order valence-corrected chi connectivity index (χ1v) is 6.59. The zero-order chi connectivity index (χ0) is 16.3. The lowest BCUT2D eigenvalue weighted by Crippen LogP contribution is -2.46. The maximum Gasteiger partial charge on any atom is 0.334 e. The van der Waals surface area contributed by atoms with Crippen LogP contribution in [-0.2, 0) is 9.59 Å². The Morgan fingerprint density at radius 1 is 1.14 bits per heavy atom. The molecular formula is C14H15N3O5. The molecular weight excluding hydrogens is 290 g/mol. The zero-order valence-corrected chi connectivity index (χ0v) is 11.9. The van der Waals surface area contributed by atoms with E-state index in [1.165, 1.54) is 6.92 Å². The maximum absolute atomic E-state index is 12.1. The van der Waals surface area contributed by atoms with Crippen molar-refractivity contribution in [3.63, 3.8) is 0 Å². The Bertz CT molecular complexity index is 616. The quantitative estimate of drug-likeness (QED) is 0.859. The highest BCUT2D eigenvalue weighted by atomic mass is 16.4. The van der Waals surface area contributed by atoms with Gasteiger partial charge in [0, 0.05) is 13.5 Å². The number of rotatable bonds is 3. The number of aliphatic carboxylic acids is 1. The molecule has 1 aromatic rings. The van der Waals surface area contributed by atoms with Crippen molar-refractivity contribution in [2.24, 2.45) is 0 Å². The zero-order valence-electron chi connectivity index (χ0n) is 11.9. The van der Waals surface area contributed by atoms with Crippen LogP contribution in [0.25, 0.3) is 0 Å². The highest BCUT2D eigenvalue weighted by Gasteiger charge is 2.37. The number of imide groups is 2. The van der Waals surface area contributed by atoms with E-state index in [2.05, 4.69) is 5.32 Å². The van der Waals surface area contributed by atoms with Crippen LogP contribution in [-0.4, -0.2) is 51.9 Å². The molecule has 0 aliphatic carbocycles. The van der Waals surface area contributed by atoms with E-state index in [4.69, 9.17) is 0 Å². The van der Waals surface area contributed by atoms with Crippen molar-refractivity contribution in [2.45, 2.75) is 13.0 Å². The Balaban J connectivity index is 2.12. The lowest BCUT2D eigenvalue weighted by molar-refractivity contribution is -0.139. The average molecular weight is 305 g/mol. The molecule has 1 aromatic carbocycles. The number of urea groups is 2. The van der Waals surface area contributed by atoms with Crippen molar-refractivity contribution in [1.82, 2.24) is 15.1 Å². The van der Waals surface area contributed by atoms with Crippen molar-refractivity contribution in [3.05, 3.63) is 35.9 Å². The second-order valence-electron chi connectivity index (χ2n) is 4.74. The predicted molar refractivity (Wildman–Crippen MR) is 74.8 cm³/mol. The van der Waals surface area contributed by atoms with Gasteiger partial charge < -0.3 is 10.4 Å². The third kappa shape index (κ3) is 3.05. The van der Waals surface area contributed by atoms with Crippen molar-refractivity contribution in [2.75, 3.05) is 13.1 Å². The van der Waals surface area contributed by atoms with E-state index in [-0.39, 0.29) is 13.1 Å². The number of carboxylic acid groups (broad SMARTS) is 1. The summed E-state index contributed by atoms with van der Waals surface area (Å²) in [5.41, 5.74) is 0.387. The second-order valence-corrected chi connectivity index (χ2v) is 4.74. The topological polar surface area (TPSA) is 107 Å². The standard InChI is InChI=1S/C14H15N3O5/c1-9(18)16-7-8-17(14(16)22)13(21)15-11(12(19)20)10-5-3-2-4-6-10/h2-6,11H,7-8H2,1H3,(H,15,21)(H,19,20). The van der Waals surface area contributed by atoms with Gasteiger partial charge in [0.25, 0.3) is 0 Å². The van der Waals surface area contributed by atoms with Gasteiger partial charge in [-0.2, -0.15) is 0 Å². The number of carbonyl (C=O) groups excluding carboxylic acids is 3. The molecule has 8 heteroatoms. The number of nitrogens with one attached hydrogen (secondary N) is 1. The molecule has 1 fully saturated rings. The van der Waals surface area contributed by atoms with Crippen LogP contribution in [0.3, 0.4) is 0 Å². The number of benzene rings is 1. The number of carboxylic acids is 1. The van der Waals surface area contributed by atoms with E-state index < -0.39 is 30.0 Å². The molecule has 0 aromatic heterocycles. The second kappa shape index (κ2) is 6.25. The molecule has 1 aliphatic heterocycles. The molecule has 22 heavy (non-hydrogen) atoms. The molecule has 0 bridgehead atoms. The third-order valence-corrected chi connectivity index (χ3v) is 3.28. The summed E-state index contributed by atoms with van der Waals surface area (Å²) >= 11 is 0. The predicted octanol–water partition coefficient (Wildman–Crippen LogP) is 0.806. The van der Waals surface area contributed by atoms with Crippen LogP contribution in [0.2, 0.25) is 0 Å². The fourth-order valence-electron chi connectivity index (χ4n) is 2.15. The van der Waals surface area contributed by atoms with Crippen LogP contribution in [0.15, 0.2) is 30.3 Å².